The molecule has 0 amide bonds. The molecule has 6 nitrogen and oxygen atoms in total. The van der Waals surface area contributed by atoms with Crippen LogP contribution in [0.4, 0.5) is 0 Å². The Morgan fingerprint density at radius 1 is 1.30 bits per heavy atom. The van der Waals surface area contributed by atoms with Gasteiger partial charge in [-0.2, -0.15) is 0 Å². The number of guanidine groups is 1. The highest BCUT2D eigenvalue weighted by Crippen LogP contribution is 2.28. The third kappa shape index (κ3) is 4.45. The highest BCUT2D eigenvalue weighted by atomic mass is 15.3. The molecule has 2 unspecified atom stereocenters. The van der Waals surface area contributed by atoms with E-state index in [9.17, 15) is 0 Å². The number of fused-ring (bicyclic) bond motifs is 1. The Morgan fingerprint density at radius 3 is 2.96 bits per heavy atom. The van der Waals surface area contributed by atoms with Crippen LogP contribution in [0.1, 0.15) is 57.6 Å². The normalized spacial score (nSPS) is 24.0. The standard InChI is InChI=1S/C17H30N6/c1-3-18-17(20-14-12-13(14)2)19-10-7-9-16-22-21-15-8-5-4-6-11-23(15)16/h13-14H,3-12H2,1-2H3,(H2,18,19,20). The van der Waals surface area contributed by atoms with Crippen molar-refractivity contribution in [3.63, 3.8) is 0 Å². The summed E-state index contributed by atoms with van der Waals surface area (Å²) in [5.74, 6) is 4.07. The molecular formula is C17H30N6. The van der Waals surface area contributed by atoms with Crippen LogP contribution in [0.3, 0.4) is 0 Å². The first-order valence-corrected chi connectivity index (χ1v) is 9.23. The number of aromatic nitrogens is 3. The molecular weight excluding hydrogens is 288 g/mol. The smallest absolute Gasteiger partial charge is 0.191 e. The second-order valence-corrected chi connectivity index (χ2v) is 6.82. The molecule has 6 heteroatoms. The van der Waals surface area contributed by atoms with Crippen LogP contribution in [0.25, 0.3) is 0 Å². The molecule has 1 saturated carbocycles. The van der Waals surface area contributed by atoms with Crippen molar-refractivity contribution in [3.05, 3.63) is 11.6 Å². The summed E-state index contributed by atoms with van der Waals surface area (Å²) in [6, 6.07) is 0.611. The molecule has 0 radical (unpaired) electrons. The van der Waals surface area contributed by atoms with E-state index >= 15 is 0 Å². The van der Waals surface area contributed by atoms with Gasteiger partial charge in [0, 0.05) is 38.5 Å². The first-order valence-electron chi connectivity index (χ1n) is 9.23. The van der Waals surface area contributed by atoms with Gasteiger partial charge in [0.05, 0.1) is 0 Å². The number of hydrogen-bond acceptors (Lipinski definition) is 3. The van der Waals surface area contributed by atoms with E-state index in [0.29, 0.717) is 6.04 Å². The van der Waals surface area contributed by atoms with E-state index in [1.807, 2.05) is 0 Å². The average Bonchev–Trinajstić information content (AvgIpc) is 3.18. The Labute approximate surface area is 139 Å². The van der Waals surface area contributed by atoms with Gasteiger partial charge in [0.15, 0.2) is 5.96 Å². The second-order valence-electron chi connectivity index (χ2n) is 6.82. The van der Waals surface area contributed by atoms with E-state index < -0.39 is 0 Å². The summed E-state index contributed by atoms with van der Waals surface area (Å²) in [5, 5.41) is 15.6. The SMILES string of the molecule is CCNC(=NCCCc1nnc2n1CCCCC2)NC1CC1C. The van der Waals surface area contributed by atoms with E-state index in [-0.39, 0.29) is 0 Å². The highest BCUT2D eigenvalue weighted by molar-refractivity contribution is 5.80. The number of rotatable bonds is 6. The summed E-state index contributed by atoms with van der Waals surface area (Å²) < 4.78 is 2.34. The van der Waals surface area contributed by atoms with Gasteiger partial charge in [-0.1, -0.05) is 13.3 Å². The Morgan fingerprint density at radius 2 is 2.17 bits per heavy atom. The van der Waals surface area contributed by atoms with Crippen molar-refractivity contribution >= 4 is 5.96 Å². The summed E-state index contributed by atoms with van der Waals surface area (Å²) in [6.07, 6.45) is 8.15. The van der Waals surface area contributed by atoms with Crippen molar-refractivity contribution in [2.45, 2.75) is 71.4 Å². The van der Waals surface area contributed by atoms with Gasteiger partial charge in [-0.15, -0.1) is 10.2 Å². The van der Waals surface area contributed by atoms with Crippen LogP contribution in [0, 0.1) is 5.92 Å². The Balaban J connectivity index is 1.48. The number of hydrogen-bond donors (Lipinski definition) is 2. The largest absolute Gasteiger partial charge is 0.357 e. The topological polar surface area (TPSA) is 67.1 Å². The van der Waals surface area contributed by atoms with Crippen molar-refractivity contribution < 1.29 is 0 Å². The number of nitrogens with zero attached hydrogens (tertiary/aromatic N) is 4. The Hall–Kier alpha value is -1.59. The summed E-state index contributed by atoms with van der Waals surface area (Å²) >= 11 is 0. The molecule has 0 spiro atoms. The summed E-state index contributed by atoms with van der Waals surface area (Å²) in [5.41, 5.74) is 0. The van der Waals surface area contributed by atoms with E-state index in [1.165, 1.54) is 31.5 Å². The maximum Gasteiger partial charge on any atom is 0.191 e. The lowest BCUT2D eigenvalue weighted by Crippen LogP contribution is -2.39. The van der Waals surface area contributed by atoms with E-state index in [1.54, 1.807) is 0 Å². The Kier molecular flexibility index (Phi) is 5.51. The zero-order valence-corrected chi connectivity index (χ0v) is 14.5. The predicted octanol–water partition coefficient (Wildman–Crippen LogP) is 1.90. The van der Waals surface area contributed by atoms with Gasteiger partial charge in [0.1, 0.15) is 11.6 Å². The Bertz CT molecular complexity index is 535. The molecule has 2 heterocycles. The number of aryl methyl sites for hydroxylation is 2. The van der Waals surface area contributed by atoms with E-state index in [0.717, 1.165) is 56.6 Å². The molecule has 1 fully saturated rings. The minimum atomic E-state index is 0.611. The van der Waals surface area contributed by atoms with Crippen LogP contribution in [0.15, 0.2) is 4.99 Å². The molecule has 2 atom stereocenters. The molecule has 1 aliphatic carbocycles. The first kappa shape index (κ1) is 16.3. The fourth-order valence-corrected chi connectivity index (χ4v) is 3.18. The average molecular weight is 318 g/mol. The zero-order chi connectivity index (χ0) is 16.1. The van der Waals surface area contributed by atoms with Gasteiger partial charge in [-0.05, 0) is 38.5 Å². The first-order chi connectivity index (χ1) is 11.3. The maximum absolute atomic E-state index is 4.70. The minimum absolute atomic E-state index is 0.611. The lowest BCUT2D eigenvalue weighted by molar-refractivity contribution is 0.597. The van der Waals surface area contributed by atoms with Gasteiger partial charge in [0.2, 0.25) is 0 Å². The number of nitrogens with one attached hydrogen (secondary N) is 2. The van der Waals surface area contributed by atoms with Crippen LogP contribution in [0.5, 0.6) is 0 Å². The molecule has 1 aromatic heterocycles. The molecule has 3 rings (SSSR count). The van der Waals surface area contributed by atoms with Crippen molar-refractivity contribution in [2.24, 2.45) is 10.9 Å². The lowest BCUT2D eigenvalue weighted by Gasteiger charge is -2.10. The summed E-state index contributed by atoms with van der Waals surface area (Å²) in [6.45, 7) is 7.21. The molecule has 128 valence electrons. The highest BCUT2D eigenvalue weighted by Gasteiger charge is 2.33. The van der Waals surface area contributed by atoms with Gasteiger partial charge < -0.3 is 15.2 Å². The third-order valence-electron chi connectivity index (χ3n) is 4.79. The van der Waals surface area contributed by atoms with E-state index in [2.05, 4.69) is 39.2 Å². The minimum Gasteiger partial charge on any atom is -0.357 e. The fourth-order valence-electron chi connectivity index (χ4n) is 3.18. The fraction of sp³-hybridized carbons (Fsp3) is 0.824. The van der Waals surface area contributed by atoms with Crippen LogP contribution in [-0.4, -0.2) is 39.9 Å². The third-order valence-corrected chi connectivity index (χ3v) is 4.79. The molecule has 0 saturated heterocycles. The van der Waals surface area contributed by atoms with Crippen molar-refractivity contribution in [3.8, 4) is 0 Å². The molecule has 0 bridgehead atoms. The van der Waals surface area contributed by atoms with Crippen LogP contribution >= 0.6 is 0 Å². The van der Waals surface area contributed by atoms with Crippen molar-refractivity contribution in [1.29, 1.82) is 0 Å². The van der Waals surface area contributed by atoms with Crippen LogP contribution in [-0.2, 0) is 19.4 Å². The van der Waals surface area contributed by atoms with Crippen LogP contribution in [0.2, 0.25) is 0 Å². The molecule has 2 N–H and O–H groups in total. The summed E-state index contributed by atoms with van der Waals surface area (Å²) in [4.78, 5) is 4.70. The summed E-state index contributed by atoms with van der Waals surface area (Å²) in [7, 11) is 0. The predicted molar refractivity (Wildman–Crippen MR) is 92.6 cm³/mol. The second kappa shape index (κ2) is 7.79. The molecule has 1 aliphatic heterocycles. The molecule has 23 heavy (non-hydrogen) atoms. The number of aliphatic imine (C=N–C) groups is 1. The lowest BCUT2D eigenvalue weighted by atomic mass is 10.2. The van der Waals surface area contributed by atoms with Crippen molar-refractivity contribution in [2.75, 3.05) is 13.1 Å². The monoisotopic (exact) mass is 318 g/mol. The van der Waals surface area contributed by atoms with Gasteiger partial charge in [-0.25, -0.2) is 0 Å². The quantitative estimate of drug-likeness (QED) is 0.478. The molecule has 0 aromatic carbocycles. The van der Waals surface area contributed by atoms with E-state index in [4.69, 9.17) is 4.99 Å². The van der Waals surface area contributed by atoms with Gasteiger partial charge in [0.25, 0.3) is 0 Å². The zero-order valence-electron chi connectivity index (χ0n) is 14.5. The van der Waals surface area contributed by atoms with Crippen LogP contribution < -0.4 is 10.6 Å². The van der Waals surface area contributed by atoms with Gasteiger partial charge in [-0.3, -0.25) is 4.99 Å². The van der Waals surface area contributed by atoms with Crippen molar-refractivity contribution in [1.82, 2.24) is 25.4 Å². The molecule has 1 aromatic rings. The van der Waals surface area contributed by atoms with Gasteiger partial charge >= 0.3 is 0 Å². The molecule has 2 aliphatic rings. The maximum atomic E-state index is 4.70.